The normalized spacial score (nSPS) is 11.2. The maximum absolute atomic E-state index is 5.90. The minimum atomic E-state index is 0.536. The van der Waals surface area contributed by atoms with E-state index in [2.05, 4.69) is 53.6 Å². The van der Waals surface area contributed by atoms with Gasteiger partial charge in [0, 0.05) is 5.56 Å². The van der Waals surface area contributed by atoms with Crippen LogP contribution in [0.3, 0.4) is 0 Å². The number of nitrogens with zero attached hydrogens (tertiary/aromatic N) is 2. The molecule has 4 nitrogen and oxygen atoms in total. The molecule has 0 aliphatic carbocycles. The lowest BCUT2D eigenvalue weighted by Gasteiger charge is -2.14. The molecule has 0 unspecified atom stereocenters. The van der Waals surface area contributed by atoms with Crippen molar-refractivity contribution >= 4 is 15.9 Å². The highest BCUT2D eigenvalue weighted by Gasteiger charge is 2.16. The van der Waals surface area contributed by atoms with Gasteiger partial charge in [0.05, 0.1) is 13.2 Å². The van der Waals surface area contributed by atoms with Gasteiger partial charge >= 0.3 is 0 Å². The van der Waals surface area contributed by atoms with Gasteiger partial charge in [-0.05, 0) is 40.6 Å². The van der Waals surface area contributed by atoms with Crippen LogP contribution in [0.15, 0.2) is 34.8 Å². The van der Waals surface area contributed by atoms with Gasteiger partial charge in [-0.15, -0.1) is 0 Å². The maximum Gasteiger partial charge on any atom is 0.235 e. The molecule has 1 aromatic carbocycles. The highest BCUT2D eigenvalue weighted by molar-refractivity contribution is 9.10. The van der Waals surface area contributed by atoms with E-state index in [1.54, 1.807) is 0 Å². The molecule has 0 radical (unpaired) electrons. The third kappa shape index (κ3) is 6.31. The fourth-order valence-electron chi connectivity index (χ4n) is 2.10. The van der Waals surface area contributed by atoms with Crippen LogP contribution in [0.4, 0.5) is 0 Å². The van der Waals surface area contributed by atoms with E-state index in [9.17, 15) is 0 Å². The van der Waals surface area contributed by atoms with Crippen molar-refractivity contribution in [2.45, 2.75) is 40.5 Å². The van der Waals surface area contributed by atoms with E-state index in [4.69, 9.17) is 9.47 Å². The maximum atomic E-state index is 5.90. The summed E-state index contributed by atoms with van der Waals surface area (Å²) in [5.74, 6) is 2.85. The second-order valence-electron chi connectivity index (χ2n) is 6.90. The van der Waals surface area contributed by atoms with E-state index in [1.807, 2.05) is 30.3 Å². The molecule has 0 spiro atoms. The van der Waals surface area contributed by atoms with Crippen LogP contribution < -0.4 is 9.47 Å². The Bertz CT molecular complexity index is 625. The van der Waals surface area contributed by atoms with Gasteiger partial charge in [0.1, 0.15) is 4.47 Å². The predicted octanol–water partition coefficient (Wildman–Crippen LogP) is 5.76. The molecule has 0 atom stereocenters. The lowest BCUT2D eigenvalue weighted by atomic mass is 10.1. The van der Waals surface area contributed by atoms with Gasteiger partial charge in [0.25, 0.3) is 0 Å². The topological polar surface area (TPSA) is 44.2 Å². The fourth-order valence-corrected chi connectivity index (χ4v) is 2.50. The van der Waals surface area contributed by atoms with E-state index < -0.39 is 0 Å². The first kappa shape index (κ1) is 19.7. The van der Waals surface area contributed by atoms with Crippen molar-refractivity contribution in [2.24, 2.45) is 11.8 Å². The standard InChI is InChI=1S/C20H27BrN2O2/c1-14(2)10-12-24-19-17(21)20(25-13-11-15(3)4)23-18(22-19)16-8-6-5-7-9-16/h5-9,14-15H,10-13H2,1-4H3. The zero-order valence-electron chi connectivity index (χ0n) is 15.5. The second kappa shape index (κ2) is 9.76. The van der Waals surface area contributed by atoms with Crippen LogP contribution in [-0.4, -0.2) is 23.2 Å². The Morgan fingerprint density at radius 3 is 1.76 bits per heavy atom. The van der Waals surface area contributed by atoms with E-state index in [0.29, 0.717) is 47.1 Å². The summed E-state index contributed by atoms with van der Waals surface area (Å²) < 4.78 is 12.5. The quantitative estimate of drug-likeness (QED) is 0.531. The van der Waals surface area contributed by atoms with Crippen LogP contribution in [0.2, 0.25) is 0 Å². The molecule has 0 N–H and O–H groups in total. The second-order valence-corrected chi connectivity index (χ2v) is 7.69. The Morgan fingerprint density at radius 2 is 1.32 bits per heavy atom. The first-order valence-electron chi connectivity index (χ1n) is 8.86. The first-order chi connectivity index (χ1) is 12.0. The molecule has 25 heavy (non-hydrogen) atoms. The van der Waals surface area contributed by atoms with Crippen molar-refractivity contribution in [3.05, 3.63) is 34.8 Å². The minimum Gasteiger partial charge on any atom is -0.477 e. The number of benzene rings is 1. The Balaban J connectivity index is 2.26. The molecular formula is C20H27BrN2O2. The van der Waals surface area contributed by atoms with Gasteiger partial charge in [0.2, 0.25) is 11.8 Å². The fraction of sp³-hybridized carbons (Fsp3) is 0.500. The van der Waals surface area contributed by atoms with Crippen LogP contribution in [0.25, 0.3) is 11.4 Å². The lowest BCUT2D eigenvalue weighted by molar-refractivity contribution is 0.259. The van der Waals surface area contributed by atoms with Crippen molar-refractivity contribution in [2.75, 3.05) is 13.2 Å². The van der Waals surface area contributed by atoms with Gasteiger partial charge in [-0.2, -0.15) is 9.97 Å². The van der Waals surface area contributed by atoms with E-state index in [1.165, 1.54) is 0 Å². The van der Waals surface area contributed by atoms with Gasteiger partial charge in [-0.3, -0.25) is 0 Å². The van der Waals surface area contributed by atoms with Crippen LogP contribution in [0.5, 0.6) is 11.8 Å². The van der Waals surface area contributed by atoms with Gasteiger partial charge in [0.15, 0.2) is 5.82 Å². The van der Waals surface area contributed by atoms with E-state index >= 15 is 0 Å². The molecular weight excluding hydrogens is 380 g/mol. The molecule has 0 bridgehead atoms. The largest absolute Gasteiger partial charge is 0.477 e. The average molecular weight is 407 g/mol. The number of halogens is 1. The first-order valence-corrected chi connectivity index (χ1v) is 9.65. The average Bonchev–Trinajstić information content (AvgIpc) is 2.58. The lowest BCUT2D eigenvalue weighted by Crippen LogP contribution is -2.08. The van der Waals surface area contributed by atoms with Crippen molar-refractivity contribution in [3.8, 4) is 23.1 Å². The zero-order valence-corrected chi connectivity index (χ0v) is 17.0. The molecule has 1 aromatic heterocycles. The molecule has 0 aliphatic heterocycles. The highest BCUT2D eigenvalue weighted by atomic mass is 79.9. The number of ether oxygens (including phenoxy) is 2. The van der Waals surface area contributed by atoms with Gasteiger partial charge < -0.3 is 9.47 Å². The van der Waals surface area contributed by atoms with Crippen molar-refractivity contribution in [1.82, 2.24) is 9.97 Å². The van der Waals surface area contributed by atoms with Gasteiger partial charge in [-0.1, -0.05) is 58.0 Å². The van der Waals surface area contributed by atoms with Crippen LogP contribution in [-0.2, 0) is 0 Å². The third-order valence-corrected chi connectivity index (χ3v) is 4.37. The summed E-state index contributed by atoms with van der Waals surface area (Å²) in [6.07, 6.45) is 1.95. The molecule has 0 aliphatic rings. The molecule has 2 rings (SSSR count). The van der Waals surface area contributed by atoms with Crippen molar-refractivity contribution in [3.63, 3.8) is 0 Å². The Labute approximate surface area is 159 Å². The van der Waals surface area contributed by atoms with E-state index in [-0.39, 0.29) is 0 Å². The van der Waals surface area contributed by atoms with E-state index in [0.717, 1.165) is 18.4 Å². The summed E-state index contributed by atoms with van der Waals surface area (Å²) in [5.41, 5.74) is 0.942. The molecule has 0 amide bonds. The summed E-state index contributed by atoms with van der Waals surface area (Å²) in [6, 6.07) is 9.89. The SMILES string of the molecule is CC(C)CCOc1nc(-c2ccccc2)nc(OCCC(C)C)c1Br. The molecule has 136 valence electrons. The predicted molar refractivity (Wildman–Crippen MR) is 105 cm³/mol. The summed E-state index contributed by atoms with van der Waals surface area (Å²) in [4.78, 5) is 9.17. The molecule has 1 heterocycles. The smallest absolute Gasteiger partial charge is 0.235 e. The molecule has 2 aromatic rings. The highest BCUT2D eigenvalue weighted by Crippen LogP contribution is 2.34. The van der Waals surface area contributed by atoms with Crippen molar-refractivity contribution < 1.29 is 9.47 Å². The monoisotopic (exact) mass is 406 g/mol. The number of rotatable bonds is 9. The number of hydrogen-bond donors (Lipinski definition) is 0. The zero-order chi connectivity index (χ0) is 18.2. The Kier molecular flexibility index (Phi) is 7.69. The van der Waals surface area contributed by atoms with Crippen molar-refractivity contribution in [1.29, 1.82) is 0 Å². The van der Waals surface area contributed by atoms with Crippen LogP contribution in [0, 0.1) is 11.8 Å². The molecule has 5 heteroatoms. The van der Waals surface area contributed by atoms with Crippen LogP contribution in [0.1, 0.15) is 40.5 Å². The Hall–Kier alpha value is -1.62. The summed E-state index contributed by atoms with van der Waals surface area (Å²) in [5, 5.41) is 0. The number of aromatic nitrogens is 2. The molecule has 0 saturated carbocycles. The summed E-state index contributed by atoms with van der Waals surface area (Å²) >= 11 is 3.55. The molecule has 0 fully saturated rings. The van der Waals surface area contributed by atoms with Gasteiger partial charge in [-0.25, -0.2) is 0 Å². The number of hydrogen-bond acceptors (Lipinski definition) is 4. The summed E-state index contributed by atoms with van der Waals surface area (Å²) in [6.45, 7) is 9.94. The summed E-state index contributed by atoms with van der Waals surface area (Å²) in [7, 11) is 0. The minimum absolute atomic E-state index is 0.536. The Morgan fingerprint density at radius 1 is 0.840 bits per heavy atom. The third-order valence-electron chi connectivity index (χ3n) is 3.69. The van der Waals surface area contributed by atoms with Crippen LogP contribution >= 0.6 is 15.9 Å². The molecule has 0 saturated heterocycles.